The first-order valence-corrected chi connectivity index (χ1v) is 10.7. The van der Waals surface area contributed by atoms with E-state index >= 15 is 0 Å². The van der Waals surface area contributed by atoms with E-state index in [9.17, 15) is 4.39 Å². The highest BCUT2D eigenvalue weighted by atomic mass is 19.1. The largest absolute Gasteiger partial charge is 0.423 e. The summed E-state index contributed by atoms with van der Waals surface area (Å²) in [6.45, 7) is 5.48. The van der Waals surface area contributed by atoms with Crippen molar-refractivity contribution in [1.29, 1.82) is 0 Å². The molecule has 0 radical (unpaired) electrons. The molecule has 2 N–H and O–H groups in total. The molecule has 1 saturated carbocycles. The van der Waals surface area contributed by atoms with Gasteiger partial charge in [0.2, 0.25) is 0 Å². The van der Waals surface area contributed by atoms with Gasteiger partial charge in [-0.2, -0.15) is 9.97 Å². The Balaban J connectivity index is 1.47. The molecule has 3 aromatic rings. The summed E-state index contributed by atoms with van der Waals surface area (Å²) in [5.41, 5.74) is 12.3. The topological polar surface area (TPSA) is 77.2 Å². The van der Waals surface area contributed by atoms with Gasteiger partial charge in [-0.25, -0.2) is 4.39 Å². The molecule has 1 atom stereocenters. The lowest BCUT2D eigenvalue weighted by molar-refractivity contribution is 0.438. The Bertz CT molecular complexity index is 1210. The van der Waals surface area contributed by atoms with E-state index in [-0.39, 0.29) is 23.3 Å². The Morgan fingerprint density at radius 1 is 1.19 bits per heavy atom. The molecule has 0 unspecified atom stereocenters. The lowest BCUT2D eigenvalue weighted by Gasteiger charge is -2.21. The molecule has 158 valence electrons. The molecular formula is C24H24FN5O. The maximum atomic E-state index is 14.3. The number of pyridine rings is 1. The number of anilines is 1. The van der Waals surface area contributed by atoms with Gasteiger partial charge in [0, 0.05) is 42.2 Å². The van der Waals surface area contributed by atoms with Gasteiger partial charge in [-0.3, -0.25) is 4.98 Å². The van der Waals surface area contributed by atoms with E-state index in [1.165, 1.54) is 0 Å². The molecule has 6 nitrogen and oxygen atoms in total. The first-order valence-electron chi connectivity index (χ1n) is 10.7. The minimum absolute atomic E-state index is 0.124. The van der Waals surface area contributed by atoms with E-state index < -0.39 is 0 Å². The number of hydrogen-bond donors (Lipinski definition) is 1. The monoisotopic (exact) mass is 417 g/mol. The van der Waals surface area contributed by atoms with Crippen LogP contribution in [0.1, 0.15) is 35.4 Å². The molecule has 2 fully saturated rings. The number of halogens is 1. The Morgan fingerprint density at radius 2 is 2.03 bits per heavy atom. The van der Waals surface area contributed by atoms with Crippen molar-refractivity contribution in [3.63, 3.8) is 0 Å². The van der Waals surface area contributed by atoms with Crippen LogP contribution in [0.5, 0.6) is 11.8 Å². The van der Waals surface area contributed by atoms with Crippen LogP contribution in [-0.4, -0.2) is 34.1 Å². The fraction of sp³-hybridized carbons (Fsp3) is 0.375. The van der Waals surface area contributed by atoms with Gasteiger partial charge >= 0.3 is 6.01 Å². The molecule has 1 saturated heterocycles. The number of fused-ring (bicyclic) bond motifs is 3. The summed E-state index contributed by atoms with van der Waals surface area (Å²) in [6, 6.07) is 7.35. The highest BCUT2D eigenvalue weighted by Crippen LogP contribution is 2.54. The fourth-order valence-electron chi connectivity index (χ4n) is 5.01. The summed E-state index contributed by atoms with van der Waals surface area (Å²) in [5.74, 6) is 1.15. The second-order valence-corrected chi connectivity index (χ2v) is 9.16. The predicted molar refractivity (Wildman–Crippen MR) is 116 cm³/mol. The molecule has 6 rings (SSSR count). The Kier molecular flexibility index (Phi) is 3.90. The van der Waals surface area contributed by atoms with Gasteiger partial charge in [-0.15, -0.1) is 0 Å². The number of aromatic nitrogens is 3. The molecule has 31 heavy (non-hydrogen) atoms. The highest BCUT2D eigenvalue weighted by molar-refractivity contribution is 5.85. The standard InChI is InChI=1S/C24H24FN5O/c1-13-7-15(25)8-18-17(13)9-19-21(18)22(30-11-20(26)24(12-30)5-6-24)29-23(28-19)31-16-4-3-14(2)27-10-16/h3-4,7-8,10,20H,5-6,9,11-12,26H2,1-2H3/t20-/m0/s1. The van der Waals surface area contributed by atoms with Gasteiger partial charge in [-0.05, 0) is 67.6 Å². The maximum Gasteiger partial charge on any atom is 0.324 e. The summed E-state index contributed by atoms with van der Waals surface area (Å²) in [4.78, 5) is 16.1. The zero-order chi connectivity index (χ0) is 21.3. The molecule has 3 heterocycles. The van der Waals surface area contributed by atoms with Crippen molar-refractivity contribution in [2.75, 3.05) is 18.0 Å². The Morgan fingerprint density at radius 3 is 2.74 bits per heavy atom. The predicted octanol–water partition coefficient (Wildman–Crippen LogP) is 3.92. The average molecular weight is 417 g/mol. The smallest absolute Gasteiger partial charge is 0.324 e. The quantitative estimate of drug-likeness (QED) is 0.545. The molecule has 7 heteroatoms. The molecule has 3 aliphatic rings. The van der Waals surface area contributed by atoms with Gasteiger partial charge in [0.1, 0.15) is 17.4 Å². The van der Waals surface area contributed by atoms with Crippen molar-refractivity contribution in [2.45, 2.75) is 39.2 Å². The molecular weight excluding hydrogens is 393 g/mol. The summed E-state index contributed by atoms with van der Waals surface area (Å²) in [6.07, 6.45) is 4.62. The molecule has 0 bridgehead atoms. The maximum absolute atomic E-state index is 14.3. The van der Waals surface area contributed by atoms with Crippen molar-refractivity contribution < 1.29 is 9.13 Å². The van der Waals surface area contributed by atoms with E-state index in [4.69, 9.17) is 20.4 Å². The highest BCUT2D eigenvalue weighted by Gasteiger charge is 2.54. The van der Waals surface area contributed by atoms with Crippen molar-refractivity contribution in [2.24, 2.45) is 11.1 Å². The molecule has 2 aromatic heterocycles. The third-order valence-electron chi connectivity index (χ3n) is 6.99. The summed E-state index contributed by atoms with van der Waals surface area (Å²) < 4.78 is 20.3. The van der Waals surface area contributed by atoms with Gasteiger partial charge in [-0.1, -0.05) is 0 Å². The molecule has 1 aliphatic heterocycles. The van der Waals surface area contributed by atoms with Crippen LogP contribution < -0.4 is 15.4 Å². The minimum atomic E-state index is -0.238. The molecule has 2 aliphatic carbocycles. The molecule has 0 amide bonds. The van der Waals surface area contributed by atoms with Crippen LogP contribution in [0.3, 0.4) is 0 Å². The van der Waals surface area contributed by atoms with Crippen molar-refractivity contribution >= 4 is 5.82 Å². The van der Waals surface area contributed by atoms with Crippen molar-refractivity contribution in [1.82, 2.24) is 15.0 Å². The van der Waals surface area contributed by atoms with E-state index in [1.807, 2.05) is 26.0 Å². The third kappa shape index (κ3) is 2.98. The minimum Gasteiger partial charge on any atom is -0.423 e. The number of hydrogen-bond acceptors (Lipinski definition) is 6. The van der Waals surface area contributed by atoms with Crippen molar-refractivity contribution in [3.8, 4) is 22.9 Å². The van der Waals surface area contributed by atoms with Gasteiger partial charge in [0.15, 0.2) is 0 Å². The Labute approximate surface area is 180 Å². The lowest BCUT2D eigenvalue weighted by Crippen LogP contribution is -2.30. The Hall–Kier alpha value is -3.06. The molecule has 1 spiro atoms. The molecule has 1 aromatic carbocycles. The van der Waals surface area contributed by atoms with Crippen LogP contribution in [0.15, 0.2) is 30.5 Å². The normalized spacial score (nSPS) is 20.1. The fourth-order valence-corrected chi connectivity index (χ4v) is 5.01. The lowest BCUT2D eigenvalue weighted by atomic mass is 10.0. The van der Waals surface area contributed by atoms with Crippen molar-refractivity contribution in [3.05, 3.63) is 58.8 Å². The number of rotatable bonds is 3. The van der Waals surface area contributed by atoms with E-state index in [0.29, 0.717) is 12.2 Å². The second-order valence-electron chi connectivity index (χ2n) is 9.16. The van der Waals surface area contributed by atoms with E-state index in [2.05, 4.69) is 9.88 Å². The average Bonchev–Trinajstić information content (AvgIpc) is 3.31. The van der Waals surface area contributed by atoms with Crippen LogP contribution in [0.4, 0.5) is 10.2 Å². The summed E-state index contributed by atoms with van der Waals surface area (Å²) in [5, 5.41) is 0. The zero-order valence-corrected chi connectivity index (χ0v) is 17.7. The van der Waals surface area contributed by atoms with Crippen LogP contribution in [0.2, 0.25) is 0 Å². The van der Waals surface area contributed by atoms with E-state index in [1.54, 1.807) is 18.3 Å². The van der Waals surface area contributed by atoms with Crippen LogP contribution in [0.25, 0.3) is 11.1 Å². The summed E-state index contributed by atoms with van der Waals surface area (Å²) >= 11 is 0. The first kappa shape index (κ1) is 18.7. The van der Waals surface area contributed by atoms with Gasteiger partial charge in [0.25, 0.3) is 0 Å². The van der Waals surface area contributed by atoms with Crippen LogP contribution in [0, 0.1) is 25.1 Å². The van der Waals surface area contributed by atoms with E-state index in [0.717, 1.165) is 65.4 Å². The van der Waals surface area contributed by atoms with Crippen LogP contribution >= 0.6 is 0 Å². The van der Waals surface area contributed by atoms with Gasteiger partial charge < -0.3 is 15.4 Å². The number of nitrogens with two attached hydrogens (primary N) is 1. The number of ether oxygens (including phenoxy) is 1. The first-order chi connectivity index (χ1) is 14.9. The van der Waals surface area contributed by atoms with Crippen LogP contribution in [-0.2, 0) is 6.42 Å². The number of nitrogens with zero attached hydrogens (tertiary/aromatic N) is 4. The van der Waals surface area contributed by atoms with Gasteiger partial charge in [0.05, 0.1) is 11.9 Å². The summed E-state index contributed by atoms with van der Waals surface area (Å²) in [7, 11) is 0. The number of benzene rings is 1. The second kappa shape index (κ2) is 6.47. The third-order valence-corrected chi connectivity index (χ3v) is 6.99. The zero-order valence-electron chi connectivity index (χ0n) is 17.7. The SMILES string of the molecule is Cc1ccc(Oc2nc3c(c(N4C[C@H](N)C5(CC5)C4)n2)-c2cc(F)cc(C)c2C3)cn1. The number of aryl methyl sites for hydroxylation is 2.